The van der Waals surface area contributed by atoms with Crippen LogP contribution in [0.3, 0.4) is 0 Å². The van der Waals surface area contributed by atoms with Crippen LogP contribution in [0.25, 0.3) is 0 Å². The van der Waals surface area contributed by atoms with Gasteiger partial charge in [0.05, 0.1) is 5.83 Å². The van der Waals surface area contributed by atoms with Crippen molar-refractivity contribution in [3.05, 3.63) is 46.9 Å². The minimum Gasteiger partial charge on any atom is -0.212 e. The summed E-state index contributed by atoms with van der Waals surface area (Å²) < 4.78 is 14.2. The van der Waals surface area contributed by atoms with E-state index in [4.69, 9.17) is 0 Å². The normalized spacial score (nSPS) is 14.9. The third-order valence-corrected chi connectivity index (χ3v) is 6.28. The van der Waals surface area contributed by atoms with Crippen LogP contribution in [0.1, 0.15) is 65.7 Å². The average molecular weight is 444 g/mol. The van der Waals surface area contributed by atoms with E-state index in [2.05, 4.69) is 73.7 Å². The number of hydrogen-bond acceptors (Lipinski definition) is 0. The molecular weight excluding hydrogens is 403 g/mol. The van der Waals surface area contributed by atoms with Crippen molar-refractivity contribution >= 4 is 24.0 Å². The van der Waals surface area contributed by atoms with Crippen molar-refractivity contribution in [1.82, 2.24) is 0 Å². The largest absolute Gasteiger partial charge is 0.212 e. The van der Waals surface area contributed by atoms with E-state index in [1.165, 1.54) is 17.2 Å². The van der Waals surface area contributed by atoms with Crippen molar-refractivity contribution in [3.63, 3.8) is 0 Å². The molecule has 0 saturated heterocycles. The average Bonchev–Trinajstić information content (AvgIpc) is 2.53. The summed E-state index contributed by atoms with van der Waals surface area (Å²) in [5.41, 5.74) is 3.73. The highest BCUT2D eigenvalue weighted by Gasteiger charge is 2.09. The summed E-state index contributed by atoms with van der Waals surface area (Å²) in [6.45, 7) is 13.4. The highest BCUT2D eigenvalue weighted by molar-refractivity contribution is 9.09. The Kier molecular flexibility index (Phi) is 14.4. The zero-order valence-corrected chi connectivity index (χ0v) is 20.5. The summed E-state index contributed by atoms with van der Waals surface area (Å²) in [5, 5.41) is 1.03. The molecule has 3 heteroatoms. The van der Waals surface area contributed by atoms with Crippen LogP contribution < -0.4 is 0 Å². The van der Waals surface area contributed by atoms with E-state index in [0.29, 0.717) is 6.42 Å². The van der Waals surface area contributed by atoms with Gasteiger partial charge in [0.1, 0.15) is 0 Å². The summed E-state index contributed by atoms with van der Waals surface area (Å²) >= 11 is 3.47. The molecule has 0 bridgehead atoms. The fourth-order valence-corrected chi connectivity index (χ4v) is 4.05. The second-order valence-corrected chi connectivity index (χ2v) is 14.9. The van der Waals surface area contributed by atoms with Crippen LogP contribution in [0.4, 0.5) is 4.39 Å². The van der Waals surface area contributed by atoms with Gasteiger partial charge in [-0.25, -0.2) is 4.39 Å². The Labute approximate surface area is 171 Å². The first kappa shape index (κ1) is 25.6. The molecule has 0 aliphatic heterocycles. The summed E-state index contributed by atoms with van der Waals surface area (Å²) in [7, 11) is -0.990. The summed E-state index contributed by atoms with van der Waals surface area (Å²) in [6.07, 6.45) is 15.5. The van der Waals surface area contributed by atoms with E-state index in [1.54, 1.807) is 0 Å². The van der Waals surface area contributed by atoms with Crippen molar-refractivity contribution in [2.45, 2.75) is 91.4 Å². The number of alkyl halides is 1. The molecule has 0 fully saturated rings. The lowest BCUT2D eigenvalue weighted by Gasteiger charge is -2.11. The summed E-state index contributed by atoms with van der Waals surface area (Å²) in [4.78, 5) is 0. The van der Waals surface area contributed by atoms with Gasteiger partial charge < -0.3 is 0 Å². The van der Waals surface area contributed by atoms with Crippen molar-refractivity contribution in [1.29, 1.82) is 0 Å². The molecule has 0 rings (SSSR count). The van der Waals surface area contributed by atoms with Gasteiger partial charge in [0.15, 0.2) is 0 Å². The topological polar surface area (TPSA) is 0 Å². The molecule has 0 N–H and O–H groups in total. The van der Waals surface area contributed by atoms with E-state index in [0.717, 1.165) is 49.4 Å². The lowest BCUT2D eigenvalue weighted by atomic mass is 10.1. The number of rotatable bonds is 13. The van der Waals surface area contributed by atoms with Crippen LogP contribution >= 0.6 is 15.9 Å². The Morgan fingerprint density at radius 2 is 1.38 bits per heavy atom. The molecule has 0 amide bonds. The van der Waals surface area contributed by atoms with E-state index in [1.807, 2.05) is 6.92 Å². The van der Waals surface area contributed by atoms with Crippen LogP contribution in [0, 0.1) is 0 Å². The Balaban J connectivity index is 4.14. The zero-order valence-electron chi connectivity index (χ0n) is 17.9. The molecule has 0 atom stereocenters. The number of halogens is 2. The predicted octanol–water partition coefficient (Wildman–Crippen LogP) is 9.14. The van der Waals surface area contributed by atoms with Gasteiger partial charge in [-0.3, -0.25) is 0 Å². The number of allylic oxidation sites excluding steroid dienone is 8. The fraction of sp³-hybridized carbons (Fsp3) is 0.652. The van der Waals surface area contributed by atoms with Crippen LogP contribution in [-0.4, -0.2) is 13.4 Å². The van der Waals surface area contributed by atoms with E-state index in [-0.39, 0.29) is 5.83 Å². The Morgan fingerprint density at radius 3 is 1.96 bits per heavy atom. The zero-order chi connectivity index (χ0) is 20.0. The van der Waals surface area contributed by atoms with Crippen molar-refractivity contribution in [2.75, 3.05) is 5.33 Å². The second kappa shape index (κ2) is 14.6. The number of hydrogen-bond donors (Lipinski definition) is 0. The molecule has 26 heavy (non-hydrogen) atoms. The second-order valence-electron chi connectivity index (χ2n) is 8.58. The van der Waals surface area contributed by atoms with Crippen molar-refractivity contribution in [3.8, 4) is 0 Å². The monoisotopic (exact) mass is 442 g/mol. The first-order chi connectivity index (χ1) is 12.2. The highest BCUT2D eigenvalue weighted by atomic mass is 79.9. The van der Waals surface area contributed by atoms with Crippen LogP contribution in [0.2, 0.25) is 25.7 Å². The van der Waals surface area contributed by atoms with Gasteiger partial charge in [0.2, 0.25) is 0 Å². The van der Waals surface area contributed by atoms with Crippen LogP contribution in [0.5, 0.6) is 0 Å². The van der Waals surface area contributed by atoms with Gasteiger partial charge in [-0.1, -0.05) is 71.0 Å². The van der Waals surface area contributed by atoms with Gasteiger partial charge in [-0.05, 0) is 70.9 Å². The van der Waals surface area contributed by atoms with Gasteiger partial charge in [0.25, 0.3) is 0 Å². The summed E-state index contributed by atoms with van der Waals surface area (Å²) in [5.74, 6) is 0.0840. The SMILES string of the molecule is C/C(CC/C=C\C[Si](C)(C)C)=C(/F)CC/C=C(\C)CC/C=C(\C)CCBr. The molecule has 0 spiro atoms. The first-order valence-corrected chi connectivity index (χ1v) is 14.8. The van der Waals surface area contributed by atoms with E-state index < -0.39 is 8.07 Å². The maximum atomic E-state index is 14.2. The molecule has 0 aromatic carbocycles. The maximum absolute atomic E-state index is 14.2. The summed E-state index contributed by atoms with van der Waals surface area (Å²) in [6, 6.07) is 1.22. The highest BCUT2D eigenvalue weighted by Crippen LogP contribution is 2.19. The van der Waals surface area contributed by atoms with Crippen LogP contribution in [0.15, 0.2) is 46.9 Å². The van der Waals surface area contributed by atoms with Gasteiger partial charge in [-0.2, -0.15) is 0 Å². The maximum Gasteiger partial charge on any atom is 0.0991 e. The lowest BCUT2D eigenvalue weighted by molar-refractivity contribution is 0.572. The minimum atomic E-state index is -0.990. The van der Waals surface area contributed by atoms with Crippen molar-refractivity contribution in [2.24, 2.45) is 0 Å². The Bertz CT molecular complexity index is 507. The van der Waals surface area contributed by atoms with E-state index in [9.17, 15) is 4.39 Å². The van der Waals surface area contributed by atoms with Gasteiger partial charge >= 0.3 is 0 Å². The van der Waals surface area contributed by atoms with Crippen LogP contribution in [-0.2, 0) is 0 Å². The predicted molar refractivity (Wildman–Crippen MR) is 125 cm³/mol. The molecule has 0 saturated carbocycles. The molecule has 0 heterocycles. The third kappa shape index (κ3) is 15.8. The molecule has 0 aromatic heterocycles. The quantitative estimate of drug-likeness (QED) is 0.151. The third-order valence-electron chi connectivity index (χ3n) is 4.42. The lowest BCUT2D eigenvalue weighted by Crippen LogP contribution is -2.17. The molecule has 0 aromatic rings. The standard InChI is InChI=1S/C23H40BrFSi/c1-20(12-10-13-21(2)17-18-24)14-11-16-23(25)22(3)15-8-7-9-19-26(4,5)6/h7,9,13-14H,8,10-12,15-19H2,1-6H3/b9-7-,20-14+,21-13+,23-22-. The van der Waals surface area contributed by atoms with Gasteiger partial charge in [-0.15, -0.1) is 0 Å². The molecule has 0 aliphatic carbocycles. The van der Waals surface area contributed by atoms with Gasteiger partial charge in [0, 0.05) is 19.8 Å². The minimum absolute atomic E-state index is 0.0840. The smallest absolute Gasteiger partial charge is 0.0991 e. The first-order valence-electron chi connectivity index (χ1n) is 10.0. The molecule has 0 nitrogen and oxygen atoms in total. The molecule has 0 unspecified atom stereocenters. The molecule has 150 valence electrons. The Hall–Kier alpha value is -0.413. The molecule has 0 radical (unpaired) electrons. The Morgan fingerprint density at radius 1 is 0.808 bits per heavy atom. The van der Waals surface area contributed by atoms with Crippen molar-refractivity contribution < 1.29 is 4.39 Å². The molecular formula is C23H40BrFSi. The van der Waals surface area contributed by atoms with E-state index >= 15 is 0 Å². The molecule has 0 aliphatic rings. The fourth-order valence-electron chi connectivity index (χ4n) is 2.55.